The van der Waals surface area contributed by atoms with Crippen LogP contribution in [0.25, 0.3) is 16.9 Å². The van der Waals surface area contributed by atoms with Crippen LogP contribution < -0.4 is 10.9 Å². The number of rotatable bonds is 5. The Hall–Kier alpha value is -3.60. The monoisotopic (exact) mass is 451 g/mol. The molecular weight excluding hydrogens is 437 g/mol. The third-order valence-corrected chi connectivity index (χ3v) is 5.29. The highest BCUT2D eigenvalue weighted by molar-refractivity contribution is 6.36. The summed E-state index contributed by atoms with van der Waals surface area (Å²) in [6.07, 6.45) is 1.91. The lowest BCUT2D eigenvalue weighted by atomic mass is 10.1. The molecule has 0 saturated heterocycles. The Kier molecular flexibility index (Phi) is 5.76. The maximum absolute atomic E-state index is 12.9. The second-order valence-corrected chi connectivity index (χ2v) is 7.56. The predicted octanol–water partition coefficient (Wildman–Crippen LogP) is 3.84. The van der Waals surface area contributed by atoms with Crippen molar-refractivity contribution in [1.29, 1.82) is 5.26 Å². The van der Waals surface area contributed by atoms with Gasteiger partial charge in [-0.1, -0.05) is 53.5 Å². The first kappa shape index (κ1) is 20.7. The number of nitrogens with one attached hydrogen (secondary N) is 2. The molecule has 2 N–H and O–H groups in total. The normalized spacial score (nSPS) is 10.7. The van der Waals surface area contributed by atoms with Gasteiger partial charge < -0.3 is 10.3 Å². The van der Waals surface area contributed by atoms with Crippen molar-refractivity contribution >= 4 is 34.8 Å². The Morgan fingerprint density at radius 3 is 2.68 bits per heavy atom. The van der Waals surface area contributed by atoms with Gasteiger partial charge in [0.25, 0.3) is 11.5 Å². The van der Waals surface area contributed by atoms with Crippen molar-refractivity contribution in [2.45, 2.75) is 6.42 Å². The number of hydrogen-bond donors (Lipinski definition) is 2. The molecule has 0 aliphatic carbocycles. The summed E-state index contributed by atoms with van der Waals surface area (Å²) in [5.74, 6) is -0.529. The van der Waals surface area contributed by atoms with E-state index in [2.05, 4.69) is 15.4 Å². The lowest BCUT2D eigenvalue weighted by Gasteiger charge is -2.05. The summed E-state index contributed by atoms with van der Waals surface area (Å²) in [5, 5.41) is 17.3. The molecule has 2 aromatic heterocycles. The van der Waals surface area contributed by atoms with Crippen molar-refractivity contribution < 1.29 is 4.79 Å². The van der Waals surface area contributed by atoms with E-state index in [0.717, 1.165) is 10.1 Å². The molecule has 2 aromatic carbocycles. The molecule has 31 heavy (non-hydrogen) atoms. The number of halogens is 2. The highest BCUT2D eigenvalue weighted by atomic mass is 35.5. The van der Waals surface area contributed by atoms with Crippen molar-refractivity contribution in [3.63, 3.8) is 0 Å². The van der Waals surface area contributed by atoms with E-state index in [1.54, 1.807) is 12.1 Å². The van der Waals surface area contributed by atoms with E-state index in [0.29, 0.717) is 28.6 Å². The fourth-order valence-electron chi connectivity index (χ4n) is 3.21. The van der Waals surface area contributed by atoms with E-state index in [4.69, 9.17) is 23.2 Å². The minimum absolute atomic E-state index is 0.110. The SMILES string of the molecule is N#Cc1c(-c2ccc(Cl)cc2Cl)nn2c(=O)c(C(=O)NCCc3ccccc3)c[nH]c12. The summed E-state index contributed by atoms with van der Waals surface area (Å²) in [4.78, 5) is 28.3. The summed E-state index contributed by atoms with van der Waals surface area (Å²) in [6, 6.07) is 16.5. The van der Waals surface area contributed by atoms with Crippen LogP contribution in [0.1, 0.15) is 21.5 Å². The molecule has 0 saturated carbocycles. The molecule has 0 unspecified atom stereocenters. The summed E-state index contributed by atoms with van der Waals surface area (Å²) < 4.78 is 1.00. The highest BCUT2D eigenvalue weighted by Gasteiger charge is 2.21. The van der Waals surface area contributed by atoms with Gasteiger partial charge in [-0.15, -0.1) is 0 Å². The average molecular weight is 452 g/mol. The lowest BCUT2D eigenvalue weighted by molar-refractivity contribution is 0.0952. The van der Waals surface area contributed by atoms with E-state index in [1.165, 1.54) is 12.3 Å². The van der Waals surface area contributed by atoms with E-state index < -0.39 is 11.5 Å². The van der Waals surface area contributed by atoms with Gasteiger partial charge in [-0.25, -0.2) is 0 Å². The van der Waals surface area contributed by atoms with Crippen LogP contribution in [-0.2, 0) is 6.42 Å². The number of nitriles is 1. The number of benzene rings is 2. The number of aromatic amines is 1. The number of hydrogen-bond acceptors (Lipinski definition) is 4. The molecule has 7 nitrogen and oxygen atoms in total. The number of carbonyl (C=O) groups is 1. The van der Waals surface area contributed by atoms with Crippen LogP contribution in [0.4, 0.5) is 0 Å². The van der Waals surface area contributed by atoms with Gasteiger partial charge in [0.2, 0.25) is 0 Å². The van der Waals surface area contributed by atoms with Crippen LogP contribution >= 0.6 is 23.2 Å². The molecule has 0 spiro atoms. The smallest absolute Gasteiger partial charge is 0.287 e. The molecule has 1 amide bonds. The fraction of sp³-hybridized carbons (Fsp3) is 0.0909. The standard InChI is InChI=1S/C22H15Cl2N5O2/c23-14-6-7-15(18(24)10-14)19-16(11-25)20-27-12-17(22(31)29(20)28-19)21(30)26-9-8-13-4-2-1-3-5-13/h1-7,10,12,27H,8-9H2,(H,26,30). The molecule has 9 heteroatoms. The second kappa shape index (κ2) is 8.64. The van der Waals surface area contributed by atoms with Gasteiger partial charge in [0.1, 0.15) is 22.9 Å². The number of aromatic nitrogens is 3. The van der Waals surface area contributed by atoms with Crippen LogP contribution in [0.15, 0.2) is 59.5 Å². The van der Waals surface area contributed by atoms with Crippen molar-refractivity contribution in [1.82, 2.24) is 19.9 Å². The van der Waals surface area contributed by atoms with Crippen LogP contribution in [0.2, 0.25) is 10.0 Å². The maximum atomic E-state index is 12.9. The number of fused-ring (bicyclic) bond motifs is 1. The van der Waals surface area contributed by atoms with Gasteiger partial charge in [-0.2, -0.15) is 14.9 Å². The molecule has 4 rings (SSSR count). The van der Waals surface area contributed by atoms with Crippen LogP contribution in [0.5, 0.6) is 0 Å². The number of nitrogens with zero attached hydrogens (tertiary/aromatic N) is 3. The molecule has 0 bridgehead atoms. The van der Waals surface area contributed by atoms with Crippen molar-refractivity contribution in [3.05, 3.63) is 91.8 Å². The predicted molar refractivity (Wildman–Crippen MR) is 118 cm³/mol. The molecule has 4 aromatic rings. The Balaban J connectivity index is 1.66. The molecule has 0 aliphatic rings. The van der Waals surface area contributed by atoms with E-state index in [9.17, 15) is 14.9 Å². The summed E-state index contributed by atoms with van der Waals surface area (Å²) in [6.45, 7) is 0.370. The van der Waals surface area contributed by atoms with Gasteiger partial charge >= 0.3 is 0 Å². The first-order chi connectivity index (χ1) is 15.0. The molecule has 154 valence electrons. The quantitative estimate of drug-likeness (QED) is 0.480. The molecule has 0 radical (unpaired) electrons. The van der Waals surface area contributed by atoms with E-state index >= 15 is 0 Å². The highest BCUT2D eigenvalue weighted by Crippen LogP contribution is 2.32. The van der Waals surface area contributed by atoms with Crippen LogP contribution in [0, 0.1) is 11.3 Å². The second-order valence-electron chi connectivity index (χ2n) is 6.72. The third-order valence-electron chi connectivity index (χ3n) is 4.75. The first-order valence-electron chi connectivity index (χ1n) is 9.31. The average Bonchev–Trinajstić information content (AvgIpc) is 3.14. The van der Waals surface area contributed by atoms with Gasteiger partial charge in [-0.05, 0) is 30.2 Å². The Labute approximate surface area is 186 Å². The van der Waals surface area contributed by atoms with Gasteiger partial charge in [0, 0.05) is 23.3 Å². The molecular formula is C22H15Cl2N5O2. The van der Waals surface area contributed by atoms with Crippen LogP contribution in [0.3, 0.4) is 0 Å². The molecule has 0 fully saturated rings. The van der Waals surface area contributed by atoms with Crippen LogP contribution in [-0.4, -0.2) is 27.0 Å². The number of amides is 1. The first-order valence-corrected chi connectivity index (χ1v) is 10.1. The van der Waals surface area contributed by atoms with E-state index in [-0.39, 0.29) is 22.5 Å². The lowest BCUT2D eigenvalue weighted by Crippen LogP contribution is -2.33. The Morgan fingerprint density at radius 2 is 1.97 bits per heavy atom. The third kappa shape index (κ3) is 4.04. The largest absolute Gasteiger partial charge is 0.351 e. The zero-order chi connectivity index (χ0) is 22.0. The minimum atomic E-state index is -0.640. The molecule has 0 aliphatic heterocycles. The minimum Gasteiger partial charge on any atom is -0.351 e. The number of H-pyrrole nitrogens is 1. The van der Waals surface area contributed by atoms with Crippen molar-refractivity contribution in [2.75, 3.05) is 6.54 Å². The summed E-state index contributed by atoms with van der Waals surface area (Å²) in [5.41, 5.74) is 1.31. The van der Waals surface area contributed by atoms with Crippen molar-refractivity contribution in [2.24, 2.45) is 0 Å². The van der Waals surface area contributed by atoms with E-state index in [1.807, 2.05) is 36.4 Å². The Morgan fingerprint density at radius 1 is 1.19 bits per heavy atom. The zero-order valence-electron chi connectivity index (χ0n) is 16.0. The molecule has 2 heterocycles. The Bertz CT molecular complexity index is 1390. The van der Waals surface area contributed by atoms with Crippen molar-refractivity contribution in [3.8, 4) is 17.3 Å². The zero-order valence-corrected chi connectivity index (χ0v) is 17.5. The van der Waals surface area contributed by atoms with Gasteiger partial charge in [0.15, 0.2) is 5.65 Å². The van der Waals surface area contributed by atoms with Gasteiger partial charge in [-0.3, -0.25) is 9.59 Å². The van der Waals surface area contributed by atoms with Gasteiger partial charge in [0.05, 0.1) is 5.02 Å². The number of carbonyl (C=O) groups excluding carboxylic acids is 1. The maximum Gasteiger partial charge on any atom is 0.287 e. The fourth-order valence-corrected chi connectivity index (χ4v) is 3.71. The summed E-state index contributed by atoms with van der Waals surface area (Å²) >= 11 is 12.2. The molecule has 0 atom stereocenters. The topological polar surface area (TPSA) is 103 Å². The summed E-state index contributed by atoms with van der Waals surface area (Å²) in [7, 11) is 0.